The molecule has 1 heteroatoms. The molecule has 11 heavy (non-hydrogen) atoms. The SMILES string of the molecule is CC1CCCC(O)(C2CC2)C1. The van der Waals surface area contributed by atoms with Crippen molar-refractivity contribution in [1.29, 1.82) is 0 Å². The van der Waals surface area contributed by atoms with E-state index in [9.17, 15) is 5.11 Å². The van der Waals surface area contributed by atoms with Crippen molar-refractivity contribution in [3.8, 4) is 0 Å². The average Bonchev–Trinajstić information content (AvgIpc) is 2.66. The van der Waals surface area contributed by atoms with Gasteiger partial charge in [0, 0.05) is 0 Å². The van der Waals surface area contributed by atoms with Crippen molar-refractivity contribution in [2.75, 3.05) is 0 Å². The van der Waals surface area contributed by atoms with Crippen LogP contribution in [0.3, 0.4) is 0 Å². The van der Waals surface area contributed by atoms with E-state index in [4.69, 9.17) is 0 Å². The van der Waals surface area contributed by atoms with E-state index < -0.39 is 0 Å². The molecule has 1 nitrogen and oxygen atoms in total. The Morgan fingerprint density at radius 2 is 2.00 bits per heavy atom. The van der Waals surface area contributed by atoms with Gasteiger partial charge in [-0.15, -0.1) is 0 Å². The zero-order valence-electron chi connectivity index (χ0n) is 7.34. The van der Waals surface area contributed by atoms with Crippen molar-refractivity contribution in [3.63, 3.8) is 0 Å². The Bertz CT molecular complexity index is 151. The molecular weight excluding hydrogens is 136 g/mol. The van der Waals surface area contributed by atoms with Gasteiger partial charge in [0.15, 0.2) is 0 Å². The highest BCUT2D eigenvalue weighted by Crippen LogP contribution is 2.48. The summed E-state index contributed by atoms with van der Waals surface area (Å²) in [6.45, 7) is 2.27. The normalized spacial score (nSPS) is 45.8. The van der Waals surface area contributed by atoms with Crippen LogP contribution in [-0.2, 0) is 0 Å². The summed E-state index contributed by atoms with van der Waals surface area (Å²) in [5.41, 5.74) is -0.238. The second-order valence-electron chi connectivity index (χ2n) is 4.58. The first-order valence-corrected chi connectivity index (χ1v) is 4.93. The monoisotopic (exact) mass is 154 g/mol. The first-order chi connectivity index (χ1) is 5.21. The Kier molecular flexibility index (Phi) is 1.71. The first kappa shape index (κ1) is 7.60. The molecule has 2 unspecified atom stereocenters. The minimum absolute atomic E-state index is 0.238. The number of hydrogen-bond acceptors (Lipinski definition) is 1. The van der Waals surface area contributed by atoms with Gasteiger partial charge in [0.05, 0.1) is 5.60 Å². The number of rotatable bonds is 1. The topological polar surface area (TPSA) is 20.2 Å². The van der Waals surface area contributed by atoms with Crippen LogP contribution in [0.2, 0.25) is 0 Å². The summed E-state index contributed by atoms with van der Waals surface area (Å²) in [6, 6.07) is 0. The third kappa shape index (κ3) is 1.44. The van der Waals surface area contributed by atoms with Crippen molar-refractivity contribution >= 4 is 0 Å². The Labute approximate surface area is 68.8 Å². The maximum absolute atomic E-state index is 10.2. The van der Waals surface area contributed by atoms with Gasteiger partial charge in [-0.05, 0) is 37.5 Å². The van der Waals surface area contributed by atoms with E-state index in [2.05, 4.69) is 6.92 Å². The van der Waals surface area contributed by atoms with Crippen LogP contribution in [0.25, 0.3) is 0 Å². The second kappa shape index (κ2) is 2.48. The summed E-state index contributed by atoms with van der Waals surface area (Å²) in [5.74, 6) is 1.43. The van der Waals surface area contributed by atoms with Gasteiger partial charge in [-0.1, -0.05) is 19.8 Å². The molecule has 64 valence electrons. The molecule has 0 bridgehead atoms. The molecule has 0 aromatic heterocycles. The van der Waals surface area contributed by atoms with Crippen molar-refractivity contribution in [3.05, 3.63) is 0 Å². The lowest BCUT2D eigenvalue weighted by molar-refractivity contribution is -0.0324. The average molecular weight is 154 g/mol. The van der Waals surface area contributed by atoms with Gasteiger partial charge in [-0.3, -0.25) is 0 Å². The van der Waals surface area contributed by atoms with Gasteiger partial charge < -0.3 is 5.11 Å². The van der Waals surface area contributed by atoms with Gasteiger partial charge in [-0.2, -0.15) is 0 Å². The fourth-order valence-corrected chi connectivity index (χ4v) is 2.56. The molecular formula is C10H18O. The van der Waals surface area contributed by atoms with Crippen molar-refractivity contribution in [1.82, 2.24) is 0 Å². The van der Waals surface area contributed by atoms with Crippen LogP contribution < -0.4 is 0 Å². The molecule has 2 aliphatic rings. The summed E-state index contributed by atoms with van der Waals surface area (Å²) in [4.78, 5) is 0. The molecule has 2 fully saturated rings. The van der Waals surface area contributed by atoms with Crippen LogP contribution in [0.1, 0.15) is 45.4 Å². The van der Waals surface area contributed by atoms with Crippen molar-refractivity contribution < 1.29 is 5.11 Å². The summed E-state index contributed by atoms with van der Waals surface area (Å²) in [7, 11) is 0. The van der Waals surface area contributed by atoms with E-state index in [-0.39, 0.29) is 5.60 Å². The minimum Gasteiger partial charge on any atom is -0.390 e. The van der Waals surface area contributed by atoms with E-state index in [1.807, 2.05) is 0 Å². The minimum atomic E-state index is -0.238. The number of aliphatic hydroxyl groups is 1. The Morgan fingerprint density at radius 3 is 2.55 bits per heavy atom. The molecule has 1 N–H and O–H groups in total. The summed E-state index contributed by atoms with van der Waals surface area (Å²) < 4.78 is 0. The Balaban J connectivity index is 1.99. The van der Waals surface area contributed by atoms with Crippen LogP contribution in [0.5, 0.6) is 0 Å². The largest absolute Gasteiger partial charge is 0.390 e. The first-order valence-electron chi connectivity index (χ1n) is 4.93. The molecule has 2 rings (SSSR count). The predicted octanol–water partition coefficient (Wildman–Crippen LogP) is 2.34. The molecule has 0 aliphatic heterocycles. The van der Waals surface area contributed by atoms with Crippen LogP contribution in [0, 0.1) is 11.8 Å². The lowest BCUT2D eigenvalue weighted by atomic mass is 9.76. The smallest absolute Gasteiger partial charge is 0.0678 e. The van der Waals surface area contributed by atoms with E-state index in [1.165, 1.54) is 25.7 Å². The predicted molar refractivity (Wildman–Crippen MR) is 45.3 cm³/mol. The molecule has 2 atom stereocenters. The summed E-state index contributed by atoms with van der Waals surface area (Å²) >= 11 is 0. The fraction of sp³-hybridized carbons (Fsp3) is 1.00. The zero-order chi connectivity index (χ0) is 7.90. The standard InChI is InChI=1S/C10H18O/c1-8-3-2-6-10(11,7-8)9-4-5-9/h8-9,11H,2-7H2,1H3. The lowest BCUT2D eigenvalue weighted by Gasteiger charge is -2.35. The van der Waals surface area contributed by atoms with E-state index in [0.29, 0.717) is 5.92 Å². The van der Waals surface area contributed by atoms with Crippen LogP contribution >= 0.6 is 0 Å². The van der Waals surface area contributed by atoms with Crippen molar-refractivity contribution in [2.24, 2.45) is 11.8 Å². The van der Waals surface area contributed by atoms with Gasteiger partial charge in [0.25, 0.3) is 0 Å². The molecule has 0 amide bonds. The summed E-state index contributed by atoms with van der Waals surface area (Å²) in [5, 5.41) is 10.2. The highest BCUT2D eigenvalue weighted by atomic mass is 16.3. The van der Waals surface area contributed by atoms with Crippen LogP contribution in [0.4, 0.5) is 0 Å². The lowest BCUT2D eigenvalue weighted by Crippen LogP contribution is -2.36. The van der Waals surface area contributed by atoms with Crippen molar-refractivity contribution in [2.45, 2.75) is 51.0 Å². The van der Waals surface area contributed by atoms with Crippen LogP contribution in [-0.4, -0.2) is 10.7 Å². The van der Waals surface area contributed by atoms with Gasteiger partial charge in [0.1, 0.15) is 0 Å². The fourth-order valence-electron chi connectivity index (χ4n) is 2.56. The molecule has 2 aliphatic carbocycles. The maximum atomic E-state index is 10.2. The molecule has 2 saturated carbocycles. The van der Waals surface area contributed by atoms with Gasteiger partial charge in [0.2, 0.25) is 0 Å². The third-order valence-electron chi connectivity index (χ3n) is 3.35. The zero-order valence-corrected chi connectivity index (χ0v) is 7.34. The molecule has 0 aromatic rings. The molecule has 0 spiro atoms. The van der Waals surface area contributed by atoms with E-state index >= 15 is 0 Å². The van der Waals surface area contributed by atoms with Gasteiger partial charge >= 0.3 is 0 Å². The maximum Gasteiger partial charge on any atom is 0.0678 e. The van der Waals surface area contributed by atoms with E-state index in [1.54, 1.807) is 0 Å². The van der Waals surface area contributed by atoms with E-state index in [0.717, 1.165) is 18.8 Å². The van der Waals surface area contributed by atoms with Gasteiger partial charge in [-0.25, -0.2) is 0 Å². The third-order valence-corrected chi connectivity index (χ3v) is 3.35. The van der Waals surface area contributed by atoms with Crippen LogP contribution in [0.15, 0.2) is 0 Å². The molecule has 0 saturated heterocycles. The molecule has 0 heterocycles. The highest BCUT2D eigenvalue weighted by Gasteiger charge is 2.45. The molecule has 0 radical (unpaired) electrons. The Morgan fingerprint density at radius 1 is 1.27 bits per heavy atom. The summed E-state index contributed by atoms with van der Waals surface area (Å²) in [6.07, 6.45) is 7.27. The Hall–Kier alpha value is -0.0400. The number of hydrogen-bond donors (Lipinski definition) is 1. The quantitative estimate of drug-likeness (QED) is 0.614. The molecule has 0 aromatic carbocycles. The highest BCUT2D eigenvalue weighted by molar-refractivity contribution is 4.97. The second-order valence-corrected chi connectivity index (χ2v) is 4.58.